The van der Waals surface area contributed by atoms with Crippen molar-refractivity contribution in [2.45, 2.75) is 33.4 Å². The van der Waals surface area contributed by atoms with Crippen LogP contribution in [0.25, 0.3) is 0 Å². The zero-order chi connectivity index (χ0) is 12.3. The molecule has 90 valence electrons. The van der Waals surface area contributed by atoms with E-state index in [1.165, 1.54) is 16.0 Å². The molecule has 1 heterocycles. The first-order valence-corrected chi connectivity index (χ1v) is 6.74. The summed E-state index contributed by atoms with van der Waals surface area (Å²) >= 11 is 1.72. The Bertz CT molecular complexity index is 490. The van der Waals surface area contributed by atoms with E-state index < -0.39 is 0 Å². The van der Waals surface area contributed by atoms with Gasteiger partial charge in [0.1, 0.15) is 0 Å². The van der Waals surface area contributed by atoms with E-state index in [1.807, 2.05) is 5.51 Å². The average molecular weight is 246 g/mol. The lowest BCUT2D eigenvalue weighted by molar-refractivity contribution is 0.578. The maximum absolute atomic E-state index is 4.29. The molecule has 2 aromatic rings. The van der Waals surface area contributed by atoms with Gasteiger partial charge in [0.15, 0.2) is 0 Å². The molecule has 0 fully saturated rings. The van der Waals surface area contributed by atoms with Gasteiger partial charge in [-0.25, -0.2) is 4.98 Å². The molecule has 1 aromatic heterocycles. The van der Waals surface area contributed by atoms with E-state index in [9.17, 15) is 0 Å². The van der Waals surface area contributed by atoms with Gasteiger partial charge in [-0.2, -0.15) is 0 Å². The summed E-state index contributed by atoms with van der Waals surface area (Å²) in [5, 5.41) is 3.55. The van der Waals surface area contributed by atoms with Gasteiger partial charge < -0.3 is 5.32 Å². The van der Waals surface area contributed by atoms with Crippen LogP contribution in [-0.4, -0.2) is 4.98 Å². The monoisotopic (exact) mass is 246 g/mol. The lowest BCUT2D eigenvalue weighted by atomic mass is 10.1. The summed E-state index contributed by atoms with van der Waals surface area (Å²) in [6, 6.07) is 8.86. The van der Waals surface area contributed by atoms with Crippen LogP contribution < -0.4 is 5.32 Å². The smallest absolute Gasteiger partial charge is 0.0798 e. The number of aryl methyl sites for hydroxylation is 2. The Morgan fingerprint density at radius 1 is 1.29 bits per heavy atom. The highest BCUT2D eigenvalue weighted by atomic mass is 32.1. The third-order valence-electron chi connectivity index (χ3n) is 3.04. The van der Waals surface area contributed by atoms with E-state index >= 15 is 0 Å². The van der Waals surface area contributed by atoms with Crippen molar-refractivity contribution in [3.63, 3.8) is 0 Å². The Morgan fingerprint density at radius 2 is 2.06 bits per heavy atom. The number of benzene rings is 1. The van der Waals surface area contributed by atoms with Crippen LogP contribution in [0.15, 0.2) is 29.8 Å². The SMILES string of the molecule is Cc1ccccc1CNC(C)c1scnc1C. The molecule has 0 aliphatic rings. The summed E-state index contributed by atoms with van der Waals surface area (Å²) in [4.78, 5) is 5.62. The van der Waals surface area contributed by atoms with Gasteiger partial charge in [-0.15, -0.1) is 11.3 Å². The summed E-state index contributed by atoms with van der Waals surface area (Å²) in [5.74, 6) is 0. The van der Waals surface area contributed by atoms with Gasteiger partial charge in [0.05, 0.1) is 11.2 Å². The van der Waals surface area contributed by atoms with Gasteiger partial charge >= 0.3 is 0 Å². The minimum Gasteiger partial charge on any atom is -0.305 e. The highest BCUT2D eigenvalue weighted by molar-refractivity contribution is 7.09. The zero-order valence-corrected chi connectivity index (χ0v) is 11.3. The van der Waals surface area contributed by atoms with Crippen molar-refractivity contribution >= 4 is 11.3 Å². The molecule has 1 unspecified atom stereocenters. The standard InChI is InChI=1S/C14H18N2S/c1-10-6-4-5-7-13(10)8-15-11(2)14-12(3)16-9-17-14/h4-7,9,11,15H,8H2,1-3H3. The zero-order valence-electron chi connectivity index (χ0n) is 10.5. The van der Waals surface area contributed by atoms with Crippen molar-refractivity contribution in [3.05, 3.63) is 51.5 Å². The van der Waals surface area contributed by atoms with Gasteiger partial charge in [-0.3, -0.25) is 0 Å². The Kier molecular flexibility index (Phi) is 3.92. The van der Waals surface area contributed by atoms with E-state index in [2.05, 4.69) is 55.3 Å². The van der Waals surface area contributed by atoms with Crippen LogP contribution >= 0.6 is 11.3 Å². The molecule has 0 bridgehead atoms. The Labute approximate surface area is 107 Å². The molecule has 1 atom stereocenters. The van der Waals surface area contributed by atoms with E-state index in [1.54, 1.807) is 11.3 Å². The molecule has 1 N–H and O–H groups in total. The highest BCUT2D eigenvalue weighted by Crippen LogP contribution is 2.21. The van der Waals surface area contributed by atoms with Crippen molar-refractivity contribution in [2.24, 2.45) is 0 Å². The largest absolute Gasteiger partial charge is 0.305 e. The van der Waals surface area contributed by atoms with Crippen LogP contribution in [0.4, 0.5) is 0 Å². The number of hydrogen-bond donors (Lipinski definition) is 1. The van der Waals surface area contributed by atoms with Gasteiger partial charge in [-0.1, -0.05) is 24.3 Å². The molecule has 0 aliphatic carbocycles. The fraction of sp³-hybridized carbons (Fsp3) is 0.357. The number of aromatic nitrogens is 1. The van der Waals surface area contributed by atoms with Crippen LogP contribution in [0.2, 0.25) is 0 Å². The summed E-state index contributed by atoms with van der Waals surface area (Å²) < 4.78 is 0. The second-order valence-corrected chi connectivity index (χ2v) is 5.22. The predicted octanol–water partition coefficient (Wildman–Crippen LogP) is 3.61. The second-order valence-electron chi connectivity index (χ2n) is 4.33. The summed E-state index contributed by atoms with van der Waals surface area (Å²) in [6.45, 7) is 7.32. The third kappa shape index (κ3) is 2.93. The first-order chi connectivity index (χ1) is 8.18. The molecule has 0 radical (unpaired) electrons. The van der Waals surface area contributed by atoms with E-state index in [-0.39, 0.29) is 0 Å². The van der Waals surface area contributed by atoms with Crippen molar-refractivity contribution < 1.29 is 0 Å². The highest BCUT2D eigenvalue weighted by Gasteiger charge is 2.10. The Balaban J connectivity index is 2.00. The lowest BCUT2D eigenvalue weighted by Crippen LogP contribution is -2.18. The molecular weight excluding hydrogens is 228 g/mol. The van der Waals surface area contributed by atoms with Gasteiger partial charge in [0, 0.05) is 17.5 Å². The van der Waals surface area contributed by atoms with Gasteiger partial charge in [0.25, 0.3) is 0 Å². The number of nitrogens with one attached hydrogen (secondary N) is 1. The molecule has 0 aliphatic heterocycles. The summed E-state index contributed by atoms with van der Waals surface area (Å²) in [7, 11) is 0. The van der Waals surface area contributed by atoms with Crippen LogP contribution in [0.5, 0.6) is 0 Å². The van der Waals surface area contributed by atoms with E-state index in [0.29, 0.717) is 6.04 Å². The topological polar surface area (TPSA) is 24.9 Å². The molecule has 2 nitrogen and oxygen atoms in total. The molecule has 0 saturated carbocycles. The third-order valence-corrected chi connectivity index (χ3v) is 4.15. The number of rotatable bonds is 4. The molecule has 0 amide bonds. The summed E-state index contributed by atoms with van der Waals surface area (Å²) in [6.07, 6.45) is 0. The molecular formula is C14H18N2S. The maximum Gasteiger partial charge on any atom is 0.0798 e. The second kappa shape index (κ2) is 5.43. The maximum atomic E-state index is 4.29. The van der Waals surface area contributed by atoms with Crippen LogP contribution in [0.3, 0.4) is 0 Å². The minimum absolute atomic E-state index is 0.363. The fourth-order valence-corrected chi connectivity index (χ4v) is 2.73. The average Bonchev–Trinajstić information content (AvgIpc) is 2.74. The van der Waals surface area contributed by atoms with E-state index in [4.69, 9.17) is 0 Å². The molecule has 2 rings (SSSR count). The van der Waals surface area contributed by atoms with Crippen molar-refractivity contribution in [1.82, 2.24) is 10.3 Å². The number of nitrogens with zero attached hydrogens (tertiary/aromatic N) is 1. The van der Waals surface area contributed by atoms with Crippen LogP contribution in [0, 0.1) is 13.8 Å². The quantitative estimate of drug-likeness (QED) is 0.891. The van der Waals surface area contributed by atoms with Crippen molar-refractivity contribution in [1.29, 1.82) is 0 Å². The predicted molar refractivity (Wildman–Crippen MR) is 73.3 cm³/mol. The Morgan fingerprint density at radius 3 is 2.71 bits per heavy atom. The van der Waals surface area contributed by atoms with Crippen LogP contribution in [0.1, 0.15) is 34.7 Å². The first kappa shape index (κ1) is 12.3. The van der Waals surface area contributed by atoms with Crippen molar-refractivity contribution in [3.8, 4) is 0 Å². The van der Waals surface area contributed by atoms with Gasteiger partial charge in [0.2, 0.25) is 0 Å². The normalized spacial score (nSPS) is 12.6. The molecule has 17 heavy (non-hydrogen) atoms. The Hall–Kier alpha value is -1.19. The number of thiazole rings is 1. The van der Waals surface area contributed by atoms with Gasteiger partial charge in [-0.05, 0) is 31.9 Å². The fourth-order valence-electron chi connectivity index (χ4n) is 1.89. The molecule has 1 aromatic carbocycles. The lowest BCUT2D eigenvalue weighted by Gasteiger charge is -2.14. The summed E-state index contributed by atoms with van der Waals surface area (Å²) in [5.41, 5.74) is 5.76. The first-order valence-electron chi connectivity index (χ1n) is 5.86. The number of hydrogen-bond acceptors (Lipinski definition) is 3. The van der Waals surface area contributed by atoms with Crippen molar-refractivity contribution in [2.75, 3.05) is 0 Å². The molecule has 0 spiro atoms. The minimum atomic E-state index is 0.363. The van der Waals surface area contributed by atoms with Crippen LogP contribution in [-0.2, 0) is 6.54 Å². The molecule has 3 heteroatoms. The molecule has 0 saturated heterocycles. The van der Waals surface area contributed by atoms with E-state index in [0.717, 1.165) is 12.2 Å².